The third-order valence-corrected chi connectivity index (χ3v) is 5.05. The number of aromatic nitrogens is 5. The molecule has 0 saturated heterocycles. The number of hydrazone groups is 1. The molecule has 2 aromatic carbocycles. The number of ether oxygens (including phenoxy) is 2. The number of nitro groups is 1. The molecule has 1 aliphatic heterocycles. The number of hydrogen-bond donors (Lipinski definition) is 2. The van der Waals surface area contributed by atoms with Crippen molar-refractivity contribution in [2.75, 3.05) is 12.5 Å². The highest BCUT2D eigenvalue weighted by molar-refractivity contribution is 6.02. The fourth-order valence-electron chi connectivity index (χ4n) is 3.30. The second kappa shape index (κ2) is 8.54. The first-order valence-corrected chi connectivity index (χ1v) is 9.96. The number of carbonyl (C=O) groups excluding carboxylic acids is 1. The largest absolute Gasteiger partial charge is 0.454 e. The summed E-state index contributed by atoms with van der Waals surface area (Å²) in [5.41, 5.74) is 9.82. The summed E-state index contributed by atoms with van der Waals surface area (Å²) in [5.74, 6) is 0.315. The second-order valence-corrected chi connectivity index (χ2v) is 7.18. The number of hydrogen-bond acceptors (Lipinski definition) is 12. The molecule has 0 atom stereocenters. The highest BCUT2D eigenvalue weighted by Crippen LogP contribution is 2.37. The maximum absolute atomic E-state index is 13.0. The zero-order valence-electron chi connectivity index (χ0n) is 17.9. The number of fused-ring (bicyclic) bond motifs is 1. The summed E-state index contributed by atoms with van der Waals surface area (Å²) in [7, 11) is 0. The Morgan fingerprint density at radius 1 is 1.17 bits per heavy atom. The molecule has 15 nitrogen and oxygen atoms in total. The van der Waals surface area contributed by atoms with Crippen LogP contribution in [0.4, 0.5) is 11.5 Å². The van der Waals surface area contributed by atoms with Crippen molar-refractivity contribution in [2.24, 2.45) is 5.10 Å². The summed E-state index contributed by atoms with van der Waals surface area (Å²) in [6.07, 6.45) is 0. The molecule has 2 aromatic heterocycles. The average molecular weight is 477 g/mol. The lowest BCUT2D eigenvalue weighted by atomic mass is 10.1. The Hall–Kier alpha value is -5.34. The molecule has 3 heterocycles. The van der Waals surface area contributed by atoms with Gasteiger partial charge in [-0.25, -0.2) is 10.1 Å². The van der Waals surface area contributed by atoms with Gasteiger partial charge < -0.3 is 15.2 Å². The van der Waals surface area contributed by atoms with Gasteiger partial charge in [0, 0.05) is 17.7 Å². The van der Waals surface area contributed by atoms with E-state index in [1.54, 1.807) is 25.1 Å². The first-order chi connectivity index (χ1) is 16.9. The van der Waals surface area contributed by atoms with Crippen molar-refractivity contribution < 1.29 is 23.8 Å². The topological polar surface area (TPSA) is 199 Å². The van der Waals surface area contributed by atoms with Gasteiger partial charge in [0.15, 0.2) is 17.2 Å². The van der Waals surface area contributed by atoms with Crippen LogP contribution in [0.1, 0.15) is 23.0 Å². The number of anilines is 1. The van der Waals surface area contributed by atoms with Crippen molar-refractivity contribution in [3.63, 3.8) is 0 Å². The normalized spacial score (nSPS) is 12.5. The van der Waals surface area contributed by atoms with E-state index in [1.165, 1.54) is 28.9 Å². The number of nitrogens with one attached hydrogen (secondary N) is 1. The van der Waals surface area contributed by atoms with Crippen LogP contribution in [-0.2, 0) is 0 Å². The van der Waals surface area contributed by atoms with E-state index in [2.05, 4.69) is 35.8 Å². The smallest absolute Gasteiger partial charge is 0.294 e. The summed E-state index contributed by atoms with van der Waals surface area (Å²) in [4.78, 5) is 23.4. The Labute approximate surface area is 195 Å². The molecule has 15 heteroatoms. The average Bonchev–Trinajstić information content (AvgIpc) is 3.60. The lowest BCUT2D eigenvalue weighted by Crippen LogP contribution is -2.21. The van der Waals surface area contributed by atoms with E-state index >= 15 is 0 Å². The summed E-state index contributed by atoms with van der Waals surface area (Å²) >= 11 is 0. The molecule has 0 spiro atoms. The molecule has 0 fully saturated rings. The lowest BCUT2D eigenvalue weighted by molar-refractivity contribution is -0.384. The minimum atomic E-state index is -0.680. The lowest BCUT2D eigenvalue weighted by Gasteiger charge is -2.07. The molecular formula is C20H15N9O6. The van der Waals surface area contributed by atoms with Crippen molar-refractivity contribution in [3.8, 4) is 28.6 Å². The first kappa shape index (κ1) is 21.5. The van der Waals surface area contributed by atoms with E-state index in [0.29, 0.717) is 28.3 Å². The Bertz CT molecular complexity index is 1470. The predicted octanol–water partition coefficient (Wildman–Crippen LogP) is 1.69. The van der Waals surface area contributed by atoms with E-state index in [9.17, 15) is 14.9 Å². The molecule has 0 saturated carbocycles. The minimum absolute atomic E-state index is 0.0368. The molecule has 0 unspecified atom stereocenters. The number of amides is 1. The van der Waals surface area contributed by atoms with E-state index < -0.39 is 10.8 Å². The molecule has 35 heavy (non-hydrogen) atoms. The van der Waals surface area contributed by atoms with Gasteiger partial charge in [-0.3, -0.25) is 14.9 Å². The fourth-order valence-corrected chi connectivity index (χ4v) is 3.30. The van der Waals surface area contributed by atoms with Gasteiger partial charge in [-0.15, -0.1) is 5.10 Å². The molecule has 5 rings (SSSR count). The van der Waals surface area contributed by atoms with E-state index in [1.807, 2.05) is 0 Å². The van der Waals surface area contributed by atoms with Gasteiger partial charge in [0.1, 0.15) is 5.69 Å². The zero-order chi connectivity index (χ0) is 24.5. The Morgan fingerprint density at radius 3 is 2.66 bits per heavy atom. The number of benzene rings is 2. The van der Waals surface area contributed by atoms with Gasteiger partial charge in [0.25, 0.3) is 11.6 Å². The highest BCUT2D eigenvalue weighted by atomic mass is 16.7. The Morgan fingerprint density at radius 2 is 1.94 bits per heavy atom. The van der Waals surface area contributed by atoms with Crippen molar-refractivity contribution in [2.45, 2.75) is 6.92 Å². The number of rotatable bonds is 6. The quantitative estimate of drug-likeness (QED) is 0.233. The standard InChI is InChI=1S/C20H15N9O6/c1-10(11-2-5-13(6-3-11)29(31)32)22-24-20(30)16-17(12-4-7-14-15(8-12)34-9-33-14)28(27-23-16)19-18(21)25-35-26-19/h2-8H,9H2,1H3,(H2,21,25)(H,24,30)/b22-10+. The van der Waals surface area contributed by atoms with Crippen LogP contribution in [0.5, 0.6) is 11.5 Å². The van der Waals surface area contributed by atoms with Crippen LogP contribution in [0.15, 0.2) is 52.2 Å². The van der Waals surface area contributed by atoms with E-state index in [-0.39, 0.29) is 35.5 Å². The molecule has 0 bridgehead atoms. The van der Waals surface area contributed by atoms with Crippen LogP contribution in [0.3, 0.4) is 0 Å². The Balaban J connectivity index is 1.49. The van der Waals surface area contributed by atoms with Crippen molar-refractivity contribution in [3.05, 3.63) is 63.8 Å². The molecular weight excluding hydrogens is 462 g/mol. The molecule has 176 valence electrons. The van der Waals surface area contributed by atoms with Gasteiger partial charge in [-0.05, 0) is 53.1 Å². The van der Waals surface area contributed by atoms with Gasteiger partial charge in [0.2, 0.25) is 18.4 Å². The number of nitrogens with two attached hydrogens (primary N) is 1. The third kappa shape index (κ3) is 3.97. The van der Waals surface area contributed by atoms with Crippen LogP contribution >= 0.6 is 0 Å². The maximum Gasteiger partial charge on any atom is 0.294 e. The van der Waals surface area contributed by atoms with Crippen molar-refractivity contribution >= 4 is 23.1 Å². The number of non-ortho nitro benzene ring substituents is 1. The fraction of sp³-hybridized carbons (Fsp3) is 0.100. The summed E-state index contributed by atoms with van der Waals surface area (Å²) in [5, 5.41) is 30.2. The number of nitrogens with zero attached hydrogens (tertiary/aromatic N) is 7. The Kier molecular flexibility index (Phi) is 5.25. The van der Waals surface area contributed by atoms with Crippen LogP contribution in [0.2, 0.25) is 0 Å². The van der Waals surface area contributed by atoms with Crippen molar-refractivity contribution in [1.29, 1.82) is 0 Å². The van der Waals surface area contributed by atoms with Gasteiger partial charge in [0.05, 0.1) is 10.6 Å². The van der Waals surface area contributed by atoms with Crippen molar-refractivity contribution in [1.82, 2.24) is 30.7 Å². The monoisotopic (exact) mass is 477 g/mol. The molecule has 0 aliphatic carbocycles. The molecule has 0 radical (unpaired) electrons. The van der Waals surface area contributed by atoms with Crippen LogP contribution < -0.4 is 20.6 Å². The van der Waals surface area contributed by atoms with Crippen LogP contribution in [0.25, 0.3) is 17.1 Å². The second-order valence-electron chi connectivity index (χ2n) is 7.18. The molecule has 1 aliphatic rings. The highest BCUT2D eigenvalue weighted by Gasteiger charge is 2.27. The van der Waals surface area contributed by atoms with E-state index in [0.717, 1.165) is 0 Å². The van der Waals surface area contributed by atoms with Gasteiger partial charge >= 0.3 is 0 Å². The minimum Gasteiger partial charge on any atom is -0.454 e. The van der Waals surface area contributed by atoms with Crippen LogP contribution in [0, 0.1) is 10.1 Å². The molecule has 3 N–H and O–H groups in total. The number of nitro benzene ring substituents is 1. The SMILES string of the molecule is C/C(=N\NC(=O)c1nnn(-c2nonc2N)c1-c1ccc2c(c1)OCO2)c1ccc([N+](=O)[O-])cc1. The maximum atomic E-state index is 13.0. The summed E-state index contributed by atoms with van der Waals surface area (Å²) < 4.78 is 16.7. The van der Waals surface area contributed by atoms with E-state index in [4.69, 9.17) is 15.2 Å². The molecule has 4 aromatic rings. The number of nitrogen functional groups attached to an aromatic ring is 1. The predicted molar refractivity (Wildman–Crippen MR) is 118 cm³/mol. The summed E-state index contributed by atoms with van der Waals surface area (Å²) in [6, 6.07) is 10.8. The van der Waals surface area contributed by atoms with Gasteiger partial charge in [-0.1, -0.05) is 5.21 Å². The number of carbonyl (C=O) groups is 1. The third-order valence-electron chi connectivity index (χ3n) is 5.05. The first-order valence-electron chi connectivity index (χ1n) is 9.96. The van der Waals surface area contributed by atoms with Crippen LogP contribution in [-0.4, -0.2) is 48.6 Å². The molecule has 1 amide bonds. The zero-order valence-corrected chi connectivity index (χ0v) is 17.9. The summed E-state index contributed by atoms with van der Waals surface area (Å²) in [6.45, 7) is 1.71. The van der Waals surface area contributed by atoms with Gasteiger partial charge in [-0.2, -0.15) is 9.78 Å².